The normalized spacial score (nSPS) is 16.0. The van der Waals surface area contributed by atoms with E-state index >= 15 is 0 Å². The molecule has 130 valence electrons. The lowest BCUT2D eigenvalue weighted by atomic mass is 10.2. The van der Waals surface area contributed by atoms with Crippen LogP contribution in [0.1, 0.15) is 41.9 Å². The number of furan rings is 1. The standard InChI is InChI=1S/C19H21N3O2S/c23-18(17-11-14-7-3-4-8-16(14)24-17)21-19-20-15(13-25-19)12-22-9-5-1-2-6-10-22/h3-4,7-8,11,13H,1-2,5-6,9-10,12H2,(H,20,21,23). The van der Waals surface area contributed by atoms with E-state index in [-0.39, 0.29) is 5.91 Å². The summed E-state index contributed by atoms with van der Waals surface area (Å²) >= 11 is 1.46. The van der Waals surface area contributed by atoms with Crippen LogP contribution in [0.25, 0.3) is 11.0 Å². The smallest absolute Gasteiger partial charge is 0.293 e. The van der Waals surface area contributed by atoms with Gasteiger partial charge in [0.25, 0.3) is 5.91 Å². The van der Waals surface area contributed by atoms with E-state index in [1.807, 2.05) is 29.6 Å². The molecule has 4 rings (SSSR count). The summed E-state index contributed by atoms with van der Waals surface area (Å²) in [5, 5.41) is 6.42. The van der Waals surface area contributed by atoms with Gasteiger partial charge in [0.05, 0.1) is 5.69 Å². The van der Waals surface area contributed by atoms with E-state index in [9.17, 15) is 4.79 Å². The Morgan fingerprint density at radius 1 is 1.20 bits per heavy atom. The molecule has 0 spiro atoms. The number of aromatic nitrogens is 1. The van der Waals surface area contributed by atoms with Crippen molar-refractivity contribution in [1.82, 2.24) is 9.88 Å². The van der Waals surface area contributed by atoms with Crippen molar-refractivity contribution >= 4 is 33.3 Å². The summed E-state index contributed by atoms with van der Waals surface area (Å²) in [6.45, 7) is 3.13. The van der Waals surface area contributed by atoms with Gasteiger partial charge in [-0.15, -0.1) is 11.3 Å². The van der Waals surface area contributed by atoms with Gasteiger partial charge in [-0.3, -0.25) is 15.0 Å². The first kappa shape index (κ1) is 16.3. The van der Waals surface area contributed by atoms with Crippen LogP contribution in [0.15, 0.2) is 40.1 Å². The summed E-state index contributed by atoms with van der Waals surface area (Å²) in [4.78, 5) is 19.4. The predicted octanol–water partition coefficient (Wildman–Crippen LogP) is 4.52. The number of amides is 1. The molecule has 0 aliphatic carbocycles. The molecule has 6 heteroatoms. The highest BCUT2D eigenvalue weighted by atomic mass is 32.1. The molecule has 25 heavy (non-hydrogen) atoms. The maximum absolute atomic E-state index is 12.4. The minimum absolute atomic E-state index is 0.258. The number of fused-ring (bicyclic) bond motifs is 1. The third-order valence-corrected chi connectivity index (χ3v) is 5.31. The second kappa shape index (κ2) is 7.37. The van der Waals surface area contributed by atoms with Gasteiger partial charge >= 0.3 is 0 Å². The topological polar surface area (TPSA) is 58.4 Å². The molecule has 1 aromatic carbocycles. The highest BCUT2D eigenvalue weighted by Crippen LogP contribution is 2.22. The second-order valence-electron chi connectivity index (χ2n) is 6.44. The average molecular weight is 355 g/mol. The number of likely N-dealkylation sites (tertiary alicyclic amines) is 1. The van der Waals surface area contributed by atoms with Gasteiger partial charge in [0.15, 0.2) is 10.9 Å². The molecule has 0 bridgehead atoms. The van der Waals surface area contributed by atoms with Crippen molar-refractivity contribution in [2.45, 2.75) is 32.2 Å². The first-order chi connectivity index (χ1) is 12.3. The number of rotatable bonds is 4. The first-order valence-corrected chi connectivity index (χ1v) is 9.62. The van der Waals surface area contributed by atoms with Crippen molar-refractivity contribution in [2.24, 2.45) is 0 Å². The summed E-state index contributed by atoms with van der Waals surface area (Å²) < 4.78 is 5.60. The van der Waals surface area contributed by atoms with Crippen molar-refractivity contribution in [3.05, 3.63) is 47.2 Å². The highest BCUT2D eigenvalue weighted by Gasteiger charge is 2.15. The number of hydrogen-bond acceptors (Lipinski definition) is 5. The fraction of sp³-hybridized carbons (Fsp3) is 0.368. The molecule has 0 saturated carbocycles. The van der Waals surface area contributed by atoms with Gasteiger partial charge in [-0.2, -0.15) is 0 Å². The minimum atomic E-state index is -0.258. The van der Waals surface area contributed by atoms with E-state index in [2.05, 4.69) is 15.2 Å². The number of nitrogens with zero attached hydrogens (tertiary/aromatic N) is 2. The Labute approximate surface area is 150 Å². The quantitative estimate of drug-likeness (QED) is 0.748. The van der Waals surface area contributed by atoms with Crippen molar-refractivity contribution in [3.8, 4) is 0 Å². The molecule has 0 unspecified atom stereocenters. The van der Waals surface area contributed by atoms with E-state index in [0.29, 0.717) is 16.5 Å². The number of thiazole rings is 1. The van der Waals surface area contributed by atoms with Gasteiger partial charge in [-0.25, -0.2) is 4.98 Å². The van der Waals surface area contributed by atoms with Crippen LogP contribution in [-0.2, 0) is 6.54 Å². The summed E-state index contributed by atoms with van der Waals surface area (Å²) in [6, 6.07) is 9.36. The minimum Gasteiger partial charge on any atom is -0.451 e. The lowest BCUT2D eigenvalue weighted by molar-refractivity contribution is 0.0998. The molecule has 0 radical (unpaired) electrons. The Balaban J connectivity index is 1.40. The van der Waals surface area contributed by atoms with Crippen LogP contribution >= 0.6 is 11.3 Å². The lowest BCUT2D eigenvalue weighted by Crippen LogP contribution is -2.24. The van der Waals surface area contributed by atoms with Crippen LogP contribution in [0.3, 0.4) is 0 Å². The Bertz CT molecular complexity index is 829. The Hall–Kier alpha value is -2.18. The van der Waals surface area contributed by atoms with Gasteiger partial charge in [-0.05, 0) is 38.1 Å². The summed E-state index contributed by atoms with van der Waals surface area (Å²) in [5.41, 5.74) is 1.74. The third kappa shape index (κ3) is 3.91. The number of carbonyl (C=O) groups excluding carboxylic acids is 1. The lowest BCUT2D eigenvalue weighted by Gasteiger charge is -2.17. The number of carbonyl (C=O) groups is 1. The maximum atomic E-state index is 12.4. The zero-order chi connectivity index (χ0) is 17.1. The molecular formula is C19H21N3O2S. The molecular weight excluding hydrogens is 334 g/mol. The molecule has 3 heterocycles. The van der Waals surface area contributed by atoms with Crippen LogP contribution in [0.4, 0.5) is 5.13 Å². The zero-order valence-corrected chi connectivity index (χ0v) is 14.8. The number of anilines is 1. The van der Waals surface area contributed by atoms with Gasteiger partial charge in [-0.1, -0.05) is 31.0 Å². The van der Waals surface area contributed by atoms with Gasteiger partial charge in [0, 0.05) is 17.3 Å². The SMILES string of the molecule is O=C(Nc1nc(CN2CCCCCC2)cs1)c1cc2ccccc2o1. The fourth-order valence-electron chi connectivity index (χ4n) is 3.21. The summed E-state index contributed by atoms with van der Waals surface area (Å²) in [6.07, 6.45) is 5.18. The first-order valence-electron chi connectivity index (χ1n) is 8.75. The monoisotopic (exact) mass is 355 g/mol. The molecule has 1 aliphatic heterocycles. The van der Waals surface area contributed by atoms with Crippen molar-refractivity contribution in [3.63, 3.8) is 0 Å². The van der Waals surface area contributed by atoms with E-state index in [0.717, 1.165) is 30.7 Å². The molecule has 1 saturated heterocycles. The fourth-order valence-corrected chi connectivity index (χ4v) is 3.91. The Morgan fingerprint density at radius 2 is 2.00 bits per heavy atom. The van der Waals surface area contributed by atoms with Gasteiger partial charge in [0.2, 0.25) is 0 Å². The highest BCUT2D eigenvalue weighted by molar-refractivity contribution is 7.13. The van der Waals surface area contributed by atoms with Gasteiger partial charge in [0.1, 0.15) is 5.58 Å². The molecule has 0 atom stereocenters. The summed E-state index contributed by atoms with van der Waals surface area (Å²) in [5.74, 6) is 0.0531. The van der Waals surface area contributed by atoms with Crippen molar-refractivity contribution in [1.29, 1.82) is 0 Å². The predicted molar refractivity (Wildman–Crippen MR) is 100 cm³/mol. The van der Waals surface area contributed by atoms with Crippen molar-refractivity contribution < 1.29 is 9.21 Å². The van der Waals surface area contributed by atoms with Crippen LogP contribution in [0.5, 0.6) is 0 Å². The van der Waals surface area contributed by atoms with E-state index < -0.39 is 0 Å². The van der Waals surface area contributed by atoms with E-state index in [1.54, 1.807) is 6.07 Å². The molecule has 1 N–H and O–H groups in total. The molecule has 3 aromatic rings. The number of nitrogens with one attached hydrogen (secondary N) is 1. The Morgan fingerprint density at radius 3 is 2.80 bits per heavy atom. The molecule has 2 aromatic heterocycles. The average Bonchev–Trinajstić information content (AvgIpc) is 3.16. The molecule has 1 amide bonds. The van der Waals surface area contributed by atoms with Gasteiger partial charge < -0.3 is 4.42 Å². The Kier molecular flexibility index (Phi) is 4.81. The number of para-hydroxylation sites is 1. The van der Waals surface area contributed by atoms with Crippen molar-refractivity contribution in [2.75, 3.05) is 18.4 Å². The maximum Gasteiger partial charge on any atom is 0.293 e. The van der Waals surface area contributed by atoms with Crippen LogP contribution < -0.4 is 5.32 Å². The third-order valence-electron chi connectivity index (χ3n) is 4.51. The number of benzene rings is 1. The molecule has 5 nitrogen and oxygen atoms in total. The van der Waals surface area contributed by atoms with E-state index in [4.69, 9.17) is 4.42 Å². The van der Waals surface area contributed by atoms with Crippen LogP contribution in [0.2, 0.25) is 0 Å². The molecule has 1 aliphatic rings. The second-order valence-corrected chi connectivity index (χ2v) is 7.30. The van der Waals surface area contributed by atoms with Crippen LogP contribution in [-0.4, -0.2) is 28.9 Å². The summed E-state index contributed by atoms with van der Waals surface area (Å²) in [7, 11) is 0. The van der Waals surface area contributed by atoms with Crippen LogP contribution in [0, 0.1) is 0 Å². The zero-order valence-electron chi connectivity index (χ0n) is 14.0. The molecule has 1 fully saturated rings. The number of hydrogen-bond donors (Lipinski definition) is 1. The van der Waals surface area contributed by atoms with E-state index in [1.165, 1.54) is 37.0 Å². The largest absolute Gasteiger partial charge is 0.451 e.